The summed E-state index contributed by atoms with van der Waals surface area (Å²) in [4.78, 5) is 19.7. The molecule has 2 aromatic rings. The topological polar surface area (TPSA) is 122 Å². The molecular formula is C10H13N7O. The predicted octanol–water partition coefficient (Wildman–Crippen LogP) is -0.542. The van der Waals surface area contributed by atoms with Crippen LogP contribution >= 0.6 is 0 Å². The van der Waals surface area contributed by atoms with Gasteiger partial charge in [-0.2, -0.15) is 5.10 Å². The Morgan fingerprint density at radius 3 is 3.11 bits per heavy atom. The Hall–Kier alpha value is -2.48. The number of hydrogen-bond donors (Lipinski definition) is 4. The fraction of sp³-hybridized carbons (Fsp3) is 0.200. The molecule has 0 spiro atoms. The number of rotatable bonds is 5. The van der Waals surface area contributed by atoms with Crippen LogP contribution in [0.3, 0.4) is 0 Å². The average molecular weight is 247 g/mol. The van der Waals surface area contributed by atoms with E-state index in [1.165, 1.54) is 12.5 Å². The number of nitrogen functional groups attached to an aromatic ring is 1. The number of carbonyl (C=O) groups excluding carboxylic acids is 1. The zero-order valence-corrected chi connectivity index (χ0v) is 9.55. The number of nitrogens with one attached hydrogen (secondary N) is 3. The van der Waals surface area contributed by atoms with Gasteiger partial charge in [-0.1, -0.05) is 0 Å². The standard InChI is InChI=1S/C10H13N7O/c11-16-8-1-3-12-5-7(8)10(18)13-4-2-9-14-6-15-17-9/h1,3,5-6H,2,4,11H2,(H,12,16)(H,13,18)(H,14,15,17). The lowest BCUT2D eigenvalue weighted by molar-refractivity contribution is 0.0954. The SMILES string of the molecule is NNc1ccncc1C(=O)NCCc1ncn[nH]1. The second-order valence-corrected chi connectivity index (χ2v) is 3.50. The van der Waals surface area contributed by atoms with Crippen molar-refractivity contribution < 1.29 is 4.79 Å². The molecule has 0 unspecified atom stereocenters. The molecule has 0 atom stereocenters. The molecule has 8 heteroatoms. The average Bonchev–Trinajstić information content (AvgIpc) is 2.91. The van der Waals surface area contributed by atoms with E-state index in [1.807, 2.05) is 0 Å². The van der Waals surface area contributed by atoms with Crippen LogP contribution in [0.1, 0.15) is 16.2 Å². The van der Waals surface area contributed by atoms with Crippen LogP contribution in [0.25, 0.3) is 0 Å². The Bertz CT molecular complexity index is 511. The summed E-state index contributed by atoms with van der Waals surface area (Å²) in [6.07, 6.45) is 5.02. The van der Waals surface area contributed by atoms with Crippen molar-refractivity contribution in [3.05, 3.63) is 36.2 Å². The second-order valence-electron chi connectivity index (χ2n) is 3.50. The second kappa shape index (κ2) is 5.73. The Morgan fingerprint density at radius 1 is 1.50 bits per heavy atom. The number of nitrogens with zero attached hydrogens (tertiary/aromatic N) is 3. The van der Waals surface area contributed by atoms with Crippen LogP contribution in [0.15, 0.2) is 24.8 Å². The Labute approximate surface area is 103 Å². The first-order chi connectivity index (χ1) is 8.81. The quantitative estimate of drug-likeness (QED) is 0.416. The Balaban J connectivity index is 1.91. The maximum absolute atomic E-state index is 11.9. The predicted molar refractivity (Wildman–Crippen MR) is 64.5 cm³/mol. The van der Waals surface area contributed by atoms with Gasteiger partial charge in [0.2, 0.25) is 0 Å². The molecule has 0 saturated carbocycles. The molecule has 1 amide bonds. The van der Waals surface area contributed by atoms with Gasteiger partial charge in [0.05, 0.1) is 11.3 Å². The normalized spacial score (nSPS) is 10.1. The molecule has 0 bridgehead atoms. The summed E-state index contributed by atoms with van der Waals surface area (Å²) < 4.78 is 0. The minimum absolute atomic E-state index is 0.240. The van der Waals surface area contributed by atoms with E-state index in [4.69, 9.17) is 5.84 Å². The number of aromatic amines is 1. The molecule has 2 aromatic heterocycles. The first-order valence-corrected chi connectivity index (χ1v) is 5.34. The van der Waals surface area contributed by atoms with Crippen LogP contribution in [0.5, 0.6) is 0 Å². The summed E-state index contributed by atoms with van der Waals surface area (Å²) >= 11 is 0. The lowest BCUT2D eigenvalue weighted by Crippen LogP contribution is -2.27. The highest BCUT2D eigenvalue weighted by Gasteiger charge is 2.10. The van der Waals surface area contributed by atoms with E-state index in [0.29, 0.717) is 24.2 Å². The van der Waals surface area contributed by atoms with Crippen molar-refractivity contribution in [3.63, 3.8) is 0 Å². The lowest BCUT2D eigenvalue weighted by Gasteiger charge is -2.08. The number of pyridine rings is 1. The fourth-order valence-electron chi connectivity index (χ4n) is 1.44. The van der Waals surface area contributed by atoms with Crippen molar-refractivity contribution in [1.82, 2.24) is 25.5 Å². The zero-order valence-electron chi connectivity index (χ0n) is 9.55. The Morgan fingerprint density at radius 2 is 2.39 bits per heavy atom. The van der Waals surface area contributed by atoms with E-state index in [-0.39, 0.29) is 5.91 Å². The summed E-state index contributed by atoms with van der Waals surface area (Å²) in [7, 11) is 0. The van der Waals surface area contributed by atoms with Crippen molar-refractivity contribution in [2.75, 3.05) is 12.0 Å². The number of aromatic nitrogens is 4. The van der Waals surface area contributed by atoms with Gasteiger partial charge in [0.25, 0.3) is 5.91 Å². The van der Waals surface area contributed by atoms with Gasteiger partial charge in [0.15, 0.2) is 0 Å². The molecule has 0 fully saturated rings. The maximum Gasteiger partial charge on any atom is 0.255 e. The van der Waals surface area contributed by atoms with Crippen LogP contribution < -0.4 is 16.6 Å². The van der Waals surface area contributed by atoms with Crippen LogP contribution in [0.2, 0.25) is 0 Å². The van der Waals surface area contributed by atoms with Crippen molar-refractivity contribution in [2.24, 2.45) is 5.84 Å². The fourth-order valence-corrected chi connectivity index (χ4v) is 1.44. The van der Waals surface area contributed by atoms with Gasteiger partial charge < -0.3 is 10.7 Å². The smallest absolute Gasteiger partial charge is 0.255 e. The van der Waals surface area contributed by atoms with Gasteiger partial charge in [-0.25, -0.2) is 4.98 Å². The molecule has 0 aliphatic carbocycles. The van der Waals surface area contributed by atoms with Crippen LogP contribution in [-0.2, 0) is 6.42 Å². The number of nitrogens with two attached hydrogens (primary N) is 1. The third kappa shape index (κ3) is 2.80. The van der Waals surface area contributed by atoms with E-state index in [9.17, 15) is 4.79 Å². The molecular weight excluding hydrogens is 234 g/mol. The highest BCUT2D eigenvalue weighted by molar-refractivity contribution is 5.99. The van der Waals surface area contributed by atoms with E-state index in [0.717, 1.165) is 5.82 Å². The van der Waals surface area contributed by atoms with Crippen molar-refractivity contribution in [2.45, 2.75) is 6.42 Å². The zero-order chi connectivity index (χ0) is 12.8. The van der Waals surface area contributed by atoms with E-state index < -0.39 is 0 Å². The number of hydrogen-bond acceptors (Lipinski definition) is 6. The third-order valence-corrected chi connectivity index (χ3v) is 2.33. The van der Waals surface area contributed by atoms with E-state index in [2.05, 4.69) is 30.9 Å². The first-order valence-electron chi connectivity index (χ1n) is 5.34. The molecule has 0 saturated heterocycles. The van der Waals surface area contributed by atoms with Gasteiger partial charge >= 0.3 is 0 Å². The molecule has 2 heterocycles. The Kier molecular flexibility index (Phi) is 3.82. The van der Waals surface area contributed by atoms with Gasteiger partial charge in [0.1, 0.15) is 12.2 Å². The van der Waals surface area contributed by atoms with Crippen LogP contribution in [0.4, 0.5) is 5.69 Å². The highest BCUT2D eigenvalue weighted by atomic mass is 16.1. The number of H-pyrrole nitrogens is 1. The molecule has 8 nitrogen and oxygen atoms in total. The lowest BCUT2D eigenvalue weighted by atomic mass is 10.2. The summed E-state index contributed by atoms with van der Waals surface area (Å²) in [5.41, 5.74) is 3.38. The van der Waals surface area contributed by atoms with E-state index in [1.54, 1.807) is 12.3 Å². The monoisotopic (exact) mass is 247 g/mol. The molecule has 94 valence electrons. The summed E-state index contributed by atoms with van der Waals surface area (Å²) in [5, 5.41) is 9.19. The third-order valence-electron chi connectivity index (χ3n) is 2.33. The molecule has 0 aliphatic heterocycles. The number of carbonyl (C=O) groups is 1. The molecule has 5 N–H and O–H groups in total. The molecule has 0 aliphatic rings. The highest BCUT2D eigenvalue weighted by Crippen LogP contribution is 2.11. The van der Waals surface area contributed by atoms with Crippen molar-refractivity contribution in [3.8, 4) is 0 Å². The molecule has 0 aromatic carbocycles. The van der Waals surface area contributed by atoms with Gasteiger partial charge in [-0.3, -0.25) is 20.7 Å². The number of amides is 1. The summed E-state index contributed by atoms with van der Waals surface area (Å²) in [6.45, 7) is 0.451. The van der Waals surface area contributed by atoms with E-state index >= 15 is 0 Å². The van der Waals surface area contributed by atoms with Gasteiger partial charge in [-0.05, 0) is 6.07 Å². The maximum atomic E-state index is 11.9. The minimum atomic E-state index is -0.240. The van der Waals surface area contributed by atoms with Crippen molar-refractivity contribution in [1.29, 1.82) is 0 Å². The summed E-state index contributed by atoms with van der Waals surface area (Å²) in [5.74, 6) is 5.79. The van der Waals surface area contributed by atoms with Gasteiger partial charge in [-0.15, -0.1) is 0 Å². The first kappa shape index (κ1) is 12.0. The van der Waals surface area contributed by atoms with Crippen molar-refractivity contribution >= 4 is 11.6 Å². The van der Waals surface area contributed by atoms with Crippen LogP contribution in [-0.4, -0.2) is 32.6 Å². The van der Waals surface area contributed by atoms with Gasteiger partial charge in [0, 0.05) is 25.4 Å². The largest absolute Gasteiger partial charge is 0.351 e. The minimum Gasteiger partial charge on any atom is -0.351 e. The number of hydrazine groups is 1. The molecule has 18 heavy (non-hydrogen) atoms. The van der Waals surface area contributed by atoms with Crippen LogP contribution in [0, 0.1) is 0 Å². The molecule has 0 radical (unpaired) electrons. The number of anilines is 1. The summed E-state index contributed by atoms with van der Waals surface area (Å²) in [6, 6.07) is 1.63. The molecule has 2 rings (SSSR count).